The summed E-state index contributed by atoms with van der Waals surface area (Å²) in [5.41, 5.74) is -0.674. The zero-order chi connectivity index (χ0) is 12.2. The quantitative estimate of drug-likeness (QED) is 0.810. The number of carbonyl (C=O) groups excluding carboxylic acids is 1. The molecule has 3 nitrogen and oxygen atoms in total. The first-order valence-corrected chi connectivity index (χ1v) is 6.83. The molecule has 2 bridgehead atoms. The minimum absolute atomic E-state index is 0.141. The number of nitriles is 1. The minimum Gasteiger partial charge on any atom is -0.338 e. The van der Waals surface area contributed by atoms with E-state index in [1.54, 1.807) is 0 Å². The van der Waals surface area contributed by atoms with Crippen molar-refractivity contribution in [2.75, 3.05) is 0 Å². The van der Waals surface area contributed by atoms with Gasteiger partial charge in [0.2, 0.25) is 5.91 Å². The molecule has 5 atom stereocenters. The lowest BCUT2D eigenvalue weighted by Crippen LogP contribution is -2.45. The number of amides is 1. The first-order chi connectivity index (χ1) is 8.09. The molecule has 0 spiro atoms. The summed E-state index contributed by atoms with van der Waals surface area (Å²) in [7, 11) is 0. The van der Waals surface area contributed by atoms with Gasteiger partial charge in [-0.05, 0) is 56.3 Å². The van der Waals surface area contributed by atoms with Crippen molar-refractivity contribution in [3.8, 4) is 6.07 Å². The van der Waals surface area contributed by atoms with Crippen LogP contribution in [0.3, 0.4) is 0 Å². The van der Waals surface area contributed by atoms with Crippen molar-refractivity contribution in [1.82, 2.24) is 5.32 Å². The molecule has 0 radical (unpaired) electrons. The minimum atomic E-state index is -0.674. The Kier molecular flexibility index (Phi) is 2.26. The van der Waals surface area contributed by atoms with E-state index >= 15 is 0 Å². The molecule has 1 N–H and O–H groups in total. The second-order valence-corrected chi connectivity index (χ2v) is 6.30. The van der Waals surface area contributed by atoms with E-state index in [2.05, 4.69) is 11.4 Å². The summed E-state index contributed by atoms with van der Waals surface area (Å²) in [4.78, 5) is 12.2. The van der Waals surface area contributed by atoms with Gasteiger partial charge in [-0.3, -0.25) is 4.79 Å². The van der Waals surface area contributed by atoms with Gasteiger partial charge < -0.3 is 5.32 Å². The number of nitrogens with zero attached hydrogens (tertiary/aromatic N) is 1. The highest BCUT2D eigenvalue weighted by molar-refractivity contribution is 5.83. The van der Waals surface area contributed by atoms with E-state index in [9.17, 15) is 4.79 Å². The van der Waals surface area contributed by atoms with Crippen LogP contribution in [0.5, 0.6) is 0 Å². The molecule has 0 aromatic carbocycles. The lowest BCUT2D eigenvalue weighted by molar-refractivity contribution is -0.124. The van der Waals surface area contributed by atoms with Crippen LogP contribution in [0.25, 0.3) is 0 Å². The molecule has 3 heteroatoms. The highest BCUT2D eigenvalue weighted by Gasteiger charge is 2.67. The van der Waals surface area contributed by atoms with Crippen molar-refractivity contribution in [2.45, 2.75) is 45.1 Å². The zero-order valence-corrected chi connectivity index (χ0v) is 10.6. The van der Waals surface area contributed by atoms with Gasteiger partial charge in [-0.15, -0.1) is 0 Å². The van der Waals surface area contributed by atoms with E-state index in [1.165, 1.54) is 19.3 Å². The summed E-state index contributed by atoms with van der Waals surface area (Å²) < 4.78 is 0. The topological polar surface area (TPSA) is 52.9 Å². The van der Waals surface area contributed by atoms with Crippen molar-refractivity contribution in [3.63, 3.8) is 0 Å². The van der Waals surface area contributed by atoms with Gasteiger partial charge in [0, 0.05) is 5.92 Å². The number of fused-ring (bicyclic) bond motifs is 5. The Balaban J connectivity index is 1.65. The van der Waals surface area contributed by atoms with E-state index in [0.717, 1.165) is 11.8 Å². The monoisotopic (exact) mass is 232 g/mol. The molecule has 0 saturated heterocycles. The SMILES string of the molecule is CCC(C)(C#N)NC(=O)C1C2C3CCC(C3)C12. The van der Waals surface area contributed by atoms with Crippen LogP contribution in [0, 0.1) is 40.9 Å². The van der Waals surface area contributed by atoms with E-state index in [1.807, 2.05) is 13.8 Å². The van der Waals surface area contributed by atoms with Crippen LogP contribution in [-0.4, -0.2) is 11.4 Å². The van der Waals surface area contributed by atoms with Crippen LogP contribution in [0.4, 0.5) is 0 Å². The summed E-state index contributed by atoms with van der Waals surface area (Å²) in [6.07, 6.45) is 4.70. The van der Waals surface area contributed by atoms with E-state index in [4.69, 9.17) is 5.26 Å². The maximum absolute atomic E-state index is 12.2. The van der Waals surface area contributed by atoms with Crippen molar-refractivity contribution in [2.24, 2.45) is 29.6 Å². The van der Waals surface area contributed by atoms with Crippen molar-refractivity contribution in [1.29, 1.82) is 5.26 Å². The maximum Gasteiger partial charge on any atom is 0.224 e. The number of rotatable bonds is 3. The molecule has 3 rings (SSSR count). The first-order valence-electron chi connectivity index (χ1n) is 6.83. The van der Waals surface area contributed by atoms with Crippen LogP contribution in [0.15, 0.2) is 0 Å². The van der Waals surface area contributed by atoms with Gasteiger partial charge in [0.1, 0.15) is 5.54 Å². The Morgan fingerprint density at radius 1 is 1.41 bits per heavy atom. The average Bonchev–Trinajstić information content (AvgIpc) is 2.79. The molecule has 3 saturated carbocycles. The summed E-state index contributed by atoms with van der Waals surface area (Å²) in [6.45, 7) is 3.76. The van der Waals surface area contributed by atoms with E-state index < -0.39 is 5.54 Å². The lowest BCUT2D eigenvalue weighted by atomic mass is 9.98. The maximum atomic E-state index is 12.2. The molecule has 92 valence electrons. The fourth-order valence-electron chi connectivity index (χ4n) is 4.23. The predicted octanol–water partition coefficient (Wildman–Crippen LogP) is 2.09. The van der Waals surface area contributed by atoms with Gasteiger partial charge in [0.15, 0.2) is 0 Å². The molecular weight excluding hydrogens is 212 g/mol. The molecule has 5 unspecified atom stereocenters. The van der Waals surface area contributed by atoms with Crippen molar-refractivity contribution < 1.29 is 4.79 Å². The van der Waals surface area contributed by atoms with Gasteiger partial charge in [-0.2, -0.15) is 5.26 Å². The van der Waals surface area contributed by atoms with E-state index in [-0.39, 0.29) is 11.8 Å². The number of carbonyl (C=O) groups is 1. The Labute approximate surface area is 103 Å². The fraction of sp³-hybridized carbons (Fsp3) is 0.857. The largest absolute Gasteiger partial charge is 0.338 e. The zero-order valence-electron chi connectivity index (χ0n) is 10.6. The van der Waals surface area contributed by atoms with Gasteiger partial charge >= 0.3 is 0 Å². The summed E-state index contributed by atoms with van der Waals surface area (Å²) in [5.74, 6) is 3.33. The number of nitrogens with one attached hydrogen (secondary N) is 1. The molecule has 0 aliphatic heterocycles. The second kappa shape index (κ2) is 3.48. The number of hydrogen-bond donors (Lipinski definition) is 1. The van der Waals surface area contributed by atoms with Crippen molar-refractivity contribution in [3.05, 3.63) is 0 Å². The smallest absolute Gasteiger partial charge is 0.224 e. The standard InChI is InChI=1S/C14H20N2O/c1-3-14(2,7-15)16-13(17)12-10-8-4-5-9(6-8)11(10)12/h8-12H,3-6H2,1-2H3,(H,16,17). The third kappa shape index (κ3) is 1.50. The highest BCUT2D eigenvalue weighted by atomic mass is 16.2. The lowest BCUT2D eigenvalue weighted by Gasteiger charge is -2.22. The second-order valence-electron chi connectivity index (χ2n) is 6.30. The van der Waals surface area contributed by atoms with Crippen LogP contribution < -0.4 is 5.32 Å². The predicted molar refractivity (Wildman–Crippen MR) is 63.8 cm³/mol. The Bertz CT molecular complexity index is 384. The molecule has 1 amide bonds. The van der Waals surface area contributed by atoms with Gasteiger partial charge in [0.25, 0.3) is 0 Å². The molecule has 0 aromatic rings. The average molecular weight is 232 g/mol. The van der Waals surface area contributed by atoms with Crippen LogP contribution >= 0.6 is 0 Å². The van der Waals surface area contributed by atoms with Crippen LogP contribution in [0.2, 0.25) is 0 Å². The molecule has 3 fully saturated rings. The highest BCUT2D eigenvalue weighted by Crippen LogP contribution is 2.69. The summed E-state index contributed by atoms with van der Waals surface area (Å²) in [6, 6.07) is 2.21. The summed E-state index contributed by atoms with van der Waals surface area (Å²) >= 11 is 0. The van der Waals surface area contributed by atoms with Crippen LogP contribution in [-0.2, 0) is 4.79 Å². The van der Waals surface area contributed by atoms with Crippen LogP contribution in [0.1, 0.15) is 39.5 Å². The third-order valence-electron chi connectivity index (χ3n) is 5.39. The number of hydrogen-bond acceptors (Lipinski definition) is 2. The van der Waals surface area contributed by atoms with E-state index in [0.29, 0.717) is 18.3 Å². The Morgan fingerprint density at radius 2 is 2.00 bits per heavy atom. The molecule has 0 heterocycles. The van der Waals surface area contributed by atoms with Gasteiger partial charge in [-0.1, -0.05) is 6.92 Å². The molecule has 0 aromatic heterocycles. The molecule has 3 aliphatic rings. The first kappa shape index (κ1) is 11.1. The Hall–Kier alpha value is -1.04. The Morgan fingerprint density at radius 3 is 2.47 bits per heavy atom. The summed E-state index contributed by atoms with van der Waals surface area (Å²) in [5, 5.41) is 12.0. The van der Waals surface area contributed by atoms with Gasteiger partial charge in [-0.25, -0.2) is 0 Å². The molecule has 17 heavy (non-hydrogen) atoms. The molecular formula is C14H20N2O. The normalized spacial score (nSPS) is 44.6. The molecule has 3 aliphatic carbocycles. The van der Waals surface area contributed by atoms with Crippen molar-refractivity contribution >= 4 is 5.91 Å². The fourth-order valence-corrected chi connectivity index (χ4v) is 4.23. The third-order valence-corrected chi connectivity index (χ3v) is 5.39. The van der Waals surface area contributed by atoms with Gasteiger partial charge in [0.05, 0.1) is 6.07 Å².